The van der Waals surface area contributed by atoms with Crippen LogP contribution in [0.25, 0.3) is 0 Å². The van der Waals surface area contributed by atoms with Crippen molar-refractivity contribution in [1.29, 1.82) is 0 Å². The van der Waals surface area contributed by atoms with Crippen LogP contribution in [-0.2, 0) is 47.6 Å². The van der Waals surface area contributed by atoms with Gasteiger partial charge in [-0.05, 0) is 6.42 Å². The van der Waals surface area contributed by atoms with E-state index in [4.69, 9.17) is 28.4 Å². The number of aliphatic hydroxyl groups is 1. The molecule has 0 aromatic heterocycles. The number of ether oxygens (including phenoxy) is 6. The average Bonchev–Trinajstić information content (AvgIpc) is 2.60. The third kappa shape index (κ3) is 7.79. The number of carbonyl (C=O) groups excluding carboxylic acids is 4. The van der Waals surface area contributed by atoms with Crippen molar-refractivity contribution >= 4 is 23.9 Å². The van der Waals surface area contributed by atoms with E-state index in [9.17, 15) is 24.3 Å². The number of carbonyl (C=O) groups is 4. The summed E-state index contributed by atoms with van der Waals surface area (Å²) < 4.78 is 30.7. The molecule has 1 N–H and O–H groups in total. The highest BCUT2D eigenvalue weighted by Crippen LogP contribution is 2.27. The van der Waals surface area contributed by atoms with Crippen molar-refractivity contribution in [2.45, 2.75) is 64.8 Å². The Hall–Kier alpha value is -2.24. The second kappa shape index (κ2) is 11.6. The van der Waals surface area contributed by atoms with Crippen LogP contribution < -0.4 is 0 Å². The van der Waals surface area contributed by atoms with Gasteiger partial charge in [0, 0.05) is 20.8 Å². The Morgan fingerprint density at radius 1 is 0.929 bits per heavy atom. The molecule has 0 aromatic rings. The molecule has 11 nitrogen and oxygen atoms in total. The topological polar surface area (TPSA) is 144 Å². The van der Waals surface area contributed by atoms with Gasteiger partial charge in [-0.15, -0.1) is 0 Å². The summed E-state index contributed by atoms with van der Waals surface area (Å²) in [5, 5.41) is 10.5. The van der Waals surface area contributed by atoms with Gasteiger partial charge in [0.2, 0.25) is 0 Å². The van der Waals surface area contributed by atoms with Crippen molar-refractivity contribution in [3.05, 3.63) is 0 Å². The van der Waals surface area contributed by atoms with Crippen molar-refractivity contribution in [1.82, 2.24) is 0 Å². The molecule has 1 fully saturated rings. The van der Waals surface area contributed by atoms with Crippen molar-refractivity contribution in [2.24, 2.45) is 0 Å². The van der Waals surface area contributed by atoms with Gasteiger partial charge in [-0.3, -0.25) is 14.4 Å². The van der Waals surface area contributed by atoms with Gasteiger partial charge in [-0.1, -0.05) is 6.92 Å². The van der Waals surface area contributed by atoms with Crippen LogP contribution in [0, 0.1) is 0 Å². The van der Waals surface area contributed by atoms with Crippen LogP contribution in [0.3, 0.4) is 0 Å². The van der Waals surface area contributed by atoms with Gasteiger partial charge >= 0.3 is 23.9 Å². The van der Waals surface area contributed by atoms with Crippen LogP contribution in [0.5, 0.6) is 0 Å². The molecule has 0 amide bonds. The Morgan fingerprint density at radius 2 is 1.54 bits per heavy atom. The van der Waals surface area contributed by atoms with E-state index in [0.29, 0.717) is 6.42 Å². The third-order valence-corrected chi connectivity index (χ3v) is 3.50. The summed E-state index contributed by atoms with van der Waals surface area (Å²) in [6.07, 6.45) is -6.13. The number of aliphatic hydroxyl groups excluding tert-OH is 1. The average molecular weight is 406 g/mol. The minimum Gasteiger partial charge on any atom is -0.464 e. The fourth-order valence-corrected chi connectivity index (χ4v) is 2.43. The van der Waals surface area contributed by atoms with E-state index in [1.807, 2.05) is 6.92 Å². The number of hydrogen-bond donors (Lipinski definition) is 1. The van der Waals surface area contributed by atoms with Crippen LogP contribution in [-0.4, -0.2) is 79.5 Å². The molecule has 0 radical (unpaired) electrons. The second-order valence-corrected chi connectivity index (χ2v) is 6.02. The van der Waals surface area contributed by atoms with E-state index in [1.165, 1.54) is 6.92 Å². The summed E-state index contributed by atoms with van der Waals surface area (Å²) in [4.78, 5) is 45.6. The molecule has 1 aliphatic heterocycles. The Morgan fingerprint density at radius 3 is 2.07 bits per heavy atom. The fraction of sp³-hybridized carbons (Fsp3) is 0.765. The van der Waals surface area contributed by atoms with Crippen LogP contribution in [0.15, 0.2) is 0 Å². The first-order chi connectivity index (χ1) is 13.1. The maximum atomic E-state index is 11.6. The normalized spacial score (nSPS) is 26.8. The van der Waals surface area contributed by atoms with Gasteiger partial charge in [0.25, 0.3) is 0 Å². The maximum Gasteiger partial charge on any atom is 0.332 e. The zero-order valence-corrected chi connectivity index (χ0v) is 16.2. The van der Waals surface area contributed by atoms with E-state index in [0.717, 1.165) is 13.8 Å². The zero-order chi connectivity index (χ0) is 21.3. The molecule has 0 saturated carbocycles. The van der Waals surface area contributed by atoms with E-state index in [1.54, 1.807) is 0 Å². The van der Waals surface area contributed by atoms with Gasteiger partial charge in [0.1, 0.15) is 25.4 Å². The molecule has 0 spiro atoms. The van der Waals surface area contributed by atoms with Gasteiger partial charge in [-0.25, -0.2) is 4.79 Å². The van der Waals surface area contributed by atoms with Crippen LogP contribution in [0.2, 0.25) is 0 Å². The lowest BCUT2D eigenvalue weighted by atomic mass is 9.98. The first-order valence-corrected chi connectivity index (χ1v) is 8.74. The van der Waals surface area contributed by atoms with Crippen molar-refractivity contribution in [3.8, 4) is 0 Å². The van der Waals surface area contributed by atoms with Gasteiger partial charge in [0.05, 0.1) is 6.61 Å². The predicted molar refractivity (Wildman–Crippen MR) is 89.6 cm³/mol. The lowest BCUT2D eigenvalue weighted by Gasteiger charge is -2.42. The molecule has 0 aliphatic carbocycles. The summed E-state index contributed by atoms with van der Waals surface area (Å²) in [7, 11) is 0. The summed E-state index contributed by atoms with van der Waals surface area (Å²) in [5.41, 5.74) is 0. The van der Waals surface area contributed by atoms with Crippen LogP contribution in [0.1, 0.15) is 34.1 Å². The fourth-order valence-electron chi connectivity index (χ4n) is 2.43. The first-order valence-electron chi connectivity index (χ1n) is 8.74. The highest BCUT2D eigenvalue weighted by atomic mass is 16.7. The molecule has 11 heteroatoms. The second-order valence-electron chi connectivity index (χ2n) is 6.02. The number of hydrogen-bond acceptors (Lipinski definition) is 11. The molecule has 1 heterocycles. The Bertz CT molecular complexity index is 561. The Kier molecular flexibility index (Phi) is 9.83. The molecular formula is C17H26O11. The summed E-state index contributed by atoms with van der Waals surface area (Å²) in [5.74, 6) is -2.79. The molecule has 1 saturated heterocycles. The van der Waals surface area contributed by atoms with E-state index >= 15 is 0 Å². The summed E-state index contributed by atoms with van der Waals surface area (Å²) in [6, 6.07) is 0. The highest BCUT2D eigenvalue weighted by molar-refractivity contribution is 5.70. The van der Waals surface area contributed by atoms with Gasteiger partial charge in [0.15, 0.2) is 18.5 Å². The SMILES string of the molecule is CCCOC(=O)CO[C@H]1O[C@H](COC(C)=O)[C@@H](OC(C)=O)[C@H](OC(C)=O)[C@H]1O. The van der Waals surface area contributed by atoms with Gasteiger partial charge in [-0.2, -0.15) is 0 Å². The first kappa shape index (κ1) is 23.8. The minimum atomic E-state index is -1.58. The lowest BCUT2D eigenvalue weighted by molar-refractivity contribution is -0.305. The van der Waals surface area contributed by atoms with Crippen molar-refractivity contribution in [3.63, 3.8) is 0 Å². The maximum absolute atomic E-state index is 11.6. The van der Waals surface area contributed by atoms with E-state index in [-0.39, 0.29) is 13.2 Å². The van der Waals surface area contributed by atoms with E-state index < -0.39 is 61.2 Å². The van der Waals surface area contributed by atoms with Crippen LogP contribution in [0.4, 0.5) is 0 Å². The number of rotatable bonds is 9. The predicted octanol–water partition coefficient (Wildman–Crippen LogP) is -0.531. The van der Waals surface area contributed by atoms with Crippen molar-refractivity contribution in [2.75, 3.05) is 19.8 Å². The molecule has 160 valence electrons. The standard InChI is InChI=1S/C17H26O11/c1-5-6-23-13(21)8-25-17-14(22)16(27-11(4)20)15(26-10(3)19)12(28-17)7-24-9(2)18/h12,14-17,22H,5-8H2,1-4H3/t12-,14-,15-,16-,17+/m1/s1. The molecular weight excluding hydrogens is 380 g/mol. The van der Waals surface area contributed by atoms with Gasteiger partial charge < -0.3 is 33.5 Å². The summed E-state index contributed by atoms with van der Waals surface area (Å²) in [6.45, 7) is 4.51. The summed E-state index contributed by atoms with van der Waals surface area (Å²) >= 11 is 0. The third-order valence-electron chi connectivity index (χ3n) is 3.50. The molecule has 5 atom stereocenters. The molecule has 1 aliphatic rings. The Labute approximate surface area is 162 Å². The largest absolute Gasteiger partial charge is 0.464 e. The monoisotopic (exact) mass is 406 g/mol. The van der Waals surface area contributed by atoms with Crippen molar-refractivity contribution < 1.29 is 52.7 Å². The van der Waals surface area contributed by atoms with Crippen LogP contribution >= 0.6 is 0 Å². The number of esters is 4. The minimum absolute atomic E-state index is 0.204. The zero-order valence-electron chi connectivity index (χ0n) is 16.2. The molecule has 0 unspecified atom stereocenters. The molecule has 0 bridgehead atoms. The lowest BCUT2D eigenvalue weighted by Crippen LogP contribution is -2.62. The smallest absolute Gasteiger partial charge is 0.332 e. The Balaban J connectivity index is 2.96. The molecule has 0 aromatic carbocycles. The molecule has 28 heavy (non-hydrogen) atoms. The molecule has 1 rings (SSSR count). The quantitative estimate of drug-likeness (QED) is 0.390. The van der Waals surface area contributed by atoms with E-state index in [2.05, 4.69) is 0 Å². The highest BCUT2D eigenvalue weighted by Gasteiger charge is 2.50.